The molecule has 0 aliphatic rings. The molecule has 5 heteroatoms. The van der Waals surface area contributed by atoms with Crippen molar-refractivity contribution < 1.29 is 9.90 Å². The van der Waals surface area contributed by atoms with Crippen LogP contribution in [0.25, 0.3) is 0 Å². The van der Waals surface area contributed by atoms with Gasteiger partial charge in [0.1, 0.15) is 5.69 Å². The molecule has 1 unspecified atom stereocenters. The quantitative estimate of drug-likeness (QED) is 0.774. The number of nitrogens with two attached hydrogens (primary N) is 1. The Bertz CT molecular complexity index is 458. The van der Waals surface area contributed by atoms with Gasteiger partial charge in [-0.05, 0) is 31.7 Å². The fourth-order valence-electron chi connectivity index (χ4n) is 2.19. The van der Waals surface area contributed by atoms with Gasteiger partial charge in [0.05, 0.1) is 11.8 Å². The van der Waals surface area contributed by atoms with E-state index in [1.165, 1.54) is 0 Å². The molecule has 0 aromatic carbocycles. The molecule has 1 atom stereocenters. The van der Waals surface area contributed by atoms with Crippen molar-refractivity contribution in [1.29, 1.82) is 0 Å². The highest BCUT2D eigenvalue weighted by Crippen LogP contribution is 2.20. The number of hydrogen-bond acceptors (Lipinski definition) is 3. The smallest absolute Gasteiger partial charge is 0.268 e. The average Bonchev–Trinajstić information content (AvgIpc) is 2.66. The summed E-state index contributed by atoms with van der Waals surface area (Å²) in [6, 6.07) is 1.82. The maximum atomic E-state index is 12.2. The number of aromatic nitrogens is 1. The molecule has 1 rings (SSSR count). The fraction of sp³-hybridized carbons (Fsp3) is 0.667. The standard InChI is InChI=1S/C15H27N3O2/c1-10(2)18-9-11(16)6-13(18)14(20)17-8-12(19)7-15(3,4)5/h6,9-10,12,19H,7-8,16H2,1-5H3,(H,17,20). The largest absolute Gasteiger partial charge is 0.397 e. The Labute approximate surface area is 121 Å². The van der Waals surface area contributed by atoms with Gasteiger partial charge in [0.25, 0.3) is 5.91 Å². The summed E-state index contributed by atoms with van der Waals surface area (Å²) in [4.78, 5) is 12.2. The van der Waals surface area contributed by atoms with Crippen molar-refractivity contribution in [1.82, 2.24) is 9.88 Å². The number of aliphatic hydroxyl groups excluding tert-OH is 1. The molecule has 114 valence electrons. The number of rotatable bonds is 5. The van der Waals surface area contributed by atoms with Gasteiger partial charge < -0.3 is 20.7 Å². The number of nitrogens with zero attached hydrogens (tertiary/aromatic N) is 1. The van der Waals surface area contributed by atoms with Gasteiger partial charge in [-0.25, -0.2) is 0 Å². The molecular formula is C15H27N3O2. The zero-order valence-corrected chi connectivity index (χ0v) is 13.1. The predicted octanol–water partition coefficient (Wildman–Crippen LogP) is 2.18. The molecule has 4 N–H and O–H groups in total. The minimum atomic E-state index is -0.543. The maximum absolute atomic E-state index is 12.2. The van der Waals surface area contributed by atoms with E-state index in [1.807, 2.05) is 18.4 Å². The van der Waals surface area contributed by atoms with Gasteiger partial charge in [-0.1, -0.05) is 20.8 Å². The first-order valence-electron chi connectivity index (χ1n) is 7.04. The minimum Gasteiger partial charge on any atom is -0.397 e. The fourth-order valence-corrected chi connectivity index (χ4v) is 2.19. The molecule has 0 saturated carbocycles. The minimum absolute atomic E-state index is 0.0344. The maximum Gasteiger partial charge on any atom is 0.268 e. The van der Waals surface area contributed by atoms with Crippen LogP contribution in [-0.2, 0) is 0 Å². The van der Waals surface area contributed by atoms with Crippen LogP contribution in [0, 0.1) is 5.41 Å². The van der Waals surface area contributed by atoms with Crippen LogP contribution in [0.5, 0.6) is 0 Å². The number of carbonyl (C=O) groups excluding carboxylic acids is 1. The third kappa shape index (κ3) is 4.89. The highest BCUT2D eigenvalue weighted by Gasteiger charge is 2.19. The monoisotopic (exact) mass is 281 g/mol. The molecule has 1 amide bonds. The van der Waals surface area contributed by atoms with Crippen LogP contribution in [0.1, 0.15) is 57.6 Å². The topological polar surface area (TPSA) is 80.3 Å². The summed E-state index contributed by atoms with van der Waals surface area (Å²) < 4.78 is 1.83. The van der Waals surface area contributed by atoms with E-state index >= 15 is 0 Å². The van der Waals surface area contributed by atoms with Crippen molar-refractivity contribution in [2.24, 2.45) is 5.41 Å². The lowest BCUT2D eigenvalue weighted by Gasteiger charge is -2.22. The first-order valence-corrected chi connectivity index (χ1v) is 7.04. The van der Waals surface area contributed by atoms with E-state index in [4.69, 9.17) is 5.73 Å². The number of carbonyl (C=O) groups is 1. The zero-order chi connectivity index (χ0) is 15.5. The van der Waals surface area contributed by atoms with Gasteiger partial charge in [0.2, 0.25) is 0 Å². The molecule has 5 nitrogen and oxygen atoms in total. The summed E-state index contributed by atoms with van der Waals surface area (Å²) in [7, 11) is 0. The Kier molecular flexibility index (Phi) is 5.22. The SMILES string of the molecule is CC(C)n1cc(N)cc1C(=O)NCC(O)CC(C)(C)C. The third-order valence-corrected chi connectivity index (χ3v) is 3.00. The molecule has 0 fully saturated rings. The number of nitrogens with one attached hydrogen (secondary N) is 1. The van der Waals surface area contributed by atoms with E-state index < -0.39 is 6.10 Å². The van der Waals surface area contributed by atoms with Crippen molar-refractivity contribution in [3.8, 4) is 0 Å². The van der Waals surface area contributed by atoms with Crippen LogP contribution in [0.4, 0.5) is 5.69 Å². The summed E-state index contributed by atoms with van der Waals surface area (Å²) in [5.41, 5.74) is 6.88. The van der Waals surface area contributed by atoms with E-state index in [2.05, 4.69) is 26.1 Å². The Morgan fingerprint density at radius 1 is 1.45 bits per heavy atom. The Morgan fingerprint density at radius 3 is 2.55 bits per heavy atom. The number of aliphatic hydroxyl groups is 1. The number of anilines is 1. The van der Waals surface area contributed by atoms with Gasteiger partial charge in [-0.3, -0.25) is 4.79 Å². The Balaban J connectivity index is 2.64. The van der Waals surface area contributed by atoms with Gasteiger partial charge in [-0.2, -0.15) is 0 Å². The third-order valence-electron chi connectivity index (χ3n) is 3.00. The highest BCUT2D eigenvalue weighted by atomic mass is 16.3. The lowest BCUT2D eigenvalue weighted by Crippen LogP contribution is -2.35. The molecule has 0 bridgehead atoms. The summed E-state index contributed by atoms with van der Waals surface area (Å²) in [6.07, 6.45) is 1.85. The first kappa shape index (κ1) is 16.6. The van der Waals surface area contributed by atoms with Crippen LogP contribution in [0.2, 0.25) is 0 Å². The van der Waals surface area contributed by atoms with Crippen LogP contribution < -0.4 is 11.1 Å². The molecule has 0 spiro atoms. The van der Waals surface area contributed by atoms with Crippen molar-refractivity contribution >= 4 is 11.6 Å². The molecule has 1 heterocycles. The number of amides is 1. The highest BCUT2D eigenvalue weighted by molar-refractivity contribution is 5.93. The lowest BCUT2D eigenvalue weighted by atomic mass is 9.89. The first-order chi connectivity index (χ1) is 9.10. The van der Waals surface area contributed by atoms with E-state index in [0.29, 0.717) is 17.8 Å². The summed E-state index contributed by atoms with van der Waals surface area (Å²) in [5, 5.41) is 12.7. The van der Waals surface area contributed by atoms with Gasteiger partial charge in [0.15, 0.2) is 0 Å². The number of nitrogen functional groups attached to an aromatic ring is 1. The molecule has 0 aliphatic carbocycles. The van der Waals surface area contributed by atoms with E-state index in [0.717, 1.165) is 0 Å². The van der Waals surface area contributed by atoms with Gasteiger partial charge in [0, 0.05) is 18.8 Å². The summed E-state index contributed by atoms with van der Waals surface area (Å²) in [6.45, 7) is 10.4. The van der Waals surface area contributed by atoms with Crippen molar-refractivity contribution in [2.45, 2.75) is 53.2 Å². The normalized spacial score (nSPS) is 13.6. The van der Waals surface area contributed by atoms with Crippen molar-refractivity contribution in [2.75, 3.05) is 12.3 Å². The summed E-state index contributed by atoms with van der Waals surface area (Å²) >= 11 is 0. The molecule has 0 radical (unpaired) electrons. The van der Waals surface area contributed by atoms with E-state index in [-0.39, 0.29) is 23.9 Å². The second-order valence-corrected chi connectivity index (χ2v) is 6.79. The van der Waals surface area contributed by atoms with Crippen molar-refractivity contribution in [3.05, 3.63) is 18.0 Å². The second kappa shape index (κ2) is 6.31. The van der Waals surface area contributed by atoms with Gasteiger partial charge in [-0.15, -0.1) is 0 Å². The van der Waals surface area contributed by atoms with Crippen LogP contribution >= 0.6 is 0 Å². The molecule has 20 heavy (non-hydrogen) atoms. The molecule has 1 aromatic heterocycles. The Morgan fingerprint density at radius 2 is 2.05 bits per heavy atom. The van der Waals surface area contributed by atoms with E-state index in [9.17, 15) is 9.90 Å². The van der Waals surface area contributed by atoms with Gasteiger partial charge >= 0.3 is 0 Å². The molecular weight excluding hydrogens is 254 g/mol. The summed E-state index contributed by atoms with van der Waals surface area (Å²) in [5.74, 6) is -0.205. The van der Waals surface area contributed by atoms with Crippen LogP contribution in [0.3, 0.4) is 0 Å². The lowest BCUT2D eigenvalue weighted by molar-refractivity contribution is 0.0859. The van der Waals surface area contributed by atoms with Crippen LogP contribution in [0.15, 0.2) is 12.3 Å². The van der Waals surface area contributed by atoms with Crippen molar-refractivity contribution in [3.63, 3.8) is 0 Å². The second-order valence-electron chi connectivity index (χ2n) is 6.79. The number of hydrogen-bond donors (Lipinski definition) is 3. The predicted molar refractivity (Wildman–Crippen MR) is 81.6 cm³/mol. The van der Waals surface area contributed by atoms with E-state index in [1.54, 1.807) is 12.3 Å². The zero-order valence-electron chi connectivity index (χ0n) is 13.1. The molecule has 1 aromatic rings. The Hall–Kier alpha value is -1.49. The molecule has 0 saturated heterocycles. The van der Waals surface area contributed by atoms with Crippen LogP contribution in [-0.4, -0.2) is 28.2 Å². The molecule has 0 aliphatic heterocycles. The average molecular weight is 281 g/mol.